The Morgan fingerprint density at radius 2 is 1.92 bits per heavy atom. The van der Waals surface area contributed by atoms with Crippen LogP contribution >= 0.6 is 0 Å². The molecule has 1 aliphatic heterocycles. The molecule has 0 aromatic carbocycles. The first-order valence-electron chi connectivity index (χ1n) is 8.24. The summed E-state index contributed by atoms with van der Waals surface area (Å²) in [5.41, 5.74) is 0.619. The highest BCUT2D eigenvalue weighted by molar-refractivity contribution is 5.94. The van der Waals surface area contributed by atoms with E-state index >= 15 is 0 Å². The fourth-order valence-electron chi connectivity index (χ4n) is 3.35. The Balaban J connectivity index is 1.75. The van der Waals surface area contributed by atoms with Crippen LogP contribution in [0.1, 0.15) is 24.2 Å². The molecule has 0 spiro atoms. The second kappa shape index (κ2) is 6.68. The second-order valence-electron chi connectivity index (χ2n) is 6.92. The number of pyridine rings is 1. The van der Waals surface area contributed by atoms with E-state index in [4.69, 9.17) is 0 Å². The lowest BCUT2D eigenvalue weighted by molar-refractivity contribution is 0.0779. The molecule has 7 heteroatoms. The highest BCUT2D eigenvalue weighted by atomic mass is 16.2. The van der Waals surface area contributed by atoms with E-state index in [1.165, 1.54) is 0 Å². The Labute approximate surface area is 142 Å². The van der Waals surface area contributed by atoms with Crippen molar-refractivity contribution in [2.45, 2.75) is 19.9 Å². The van der Waals surface area contributed by atoms with Crippen molar-refractivity contribution in [1.82, 2.24) is 29.5 Å². The number of likely N-dealkylation sites (tertiary alicyclic amines) is 1. The van der Waals surface area contributed by atoms with Crippen LogP contribution in [0.25, 0.3) is 5.82 Å². The zero-order valence-corrected chi connectivity index (χ0v) is 14.6. The maximum atomic E-state index is 12.8. The molecule has 0 aliphatic carbocycles. The number of amides is 1. The zero-order valence-electron chi connectivity index (χ0n) is 14.6. The van der Waals surface area contributed by atoms with Crippen LogP contribution in [-0.4, -0.2) is 68.7 Å². The van der Waals surface area contributed by atoms with Crippen molar-refractivity contribution in [3.05, 3.63) is 36.5 Å². The molecule has 0 saturated carbocycles. The molecule has 24 heavy (non-hydrogen) atoms. The van der Waals surface area contributed by atoms with Crippen LogP contribution in [0, 0.1) is 11.8 Å². The lowest BCUT2D eigenvalue weighted by atomic mass is 9.91. The predicted molar refractivity (Wildman–Crippen MR) is 90.9 cm³/mol. The van der Waals surface area contributed by atoms with Gasteiger partial charge >= 0.3 is 0 Å². The molecular weight excluding hydrogens is 304 g/mol. The van der Waals surface area contributed by atoms with Crippen molar-refractivity contribution in [3.8, 4) is 5.82 Å². The quantitative estimate of drug-likeness (QED) is 0.847. The van der Waals surface area contributed by atoms with Crippen LogP contribution in [0.15, 0.2) is 31.0 Å². The van der Waals surface area contributed by atoms with E-state index in [9.17, 15) is 4.79 Å². The van der Waals surface area contributed by atoms with Crippen molar-refractivity contribution in [2.75, 3.05) is 27.2 Å². The maximum absolute atomic E-state index is 12.8. The number of aromatic nitrogens is 4. The predicted octanol–water partition coefficient (Wildman–Crippen LogP) is 1.32. The third-order valence-electron chi connectivity index (χ3n) is 4.82. The number of carbonyl (C=O) groups excluding carboxylic acids is 1. The molecular formula is C17H24N6O. The summed E-state index contributed by atoms with van der Waals surface area (Å²) in [6, 6.07) is 4.03. The Bertz CT molecular complexity index is 664. The van der Waals surface area contributed by atoms with Gasteiger partial charge in [0.25, 0.3) is 5.91 Å². The van der Waals surface area contributed by atoms with Crippen molar-refractivity contribution in [3.63, 3.8) is 0 Å². The molecule has 2 aromatic heterocycles. The fourth-order valence-corrected chi connectivity index (χ4v) is 3.35. The first-order valence-corrected chi connectivity index (χ1v) is 8.24. The van der Waals surface area contributed by atoms with Gasteiger partial charge in [0.2, 0.25) is 0 Å². The molecule has 0 unspecified atom stereocenters. The Hall–Kier alpha value is -2.28. The summed E-state index contributed by atoms with van der Waals surface area (Å²) in [7, 11) is 4.17. The SMILES string of the molecule is CC(C)[C@@H]1CN(C(=O)c2ccc(-n3cnnc3)nc2)C[C@H]1N(C)C. The second-order valence-corrected chi connectivity index (χ2v) is 6.92. The summed E-state index contributed by atoms with van der Waals surface area (Å²) < 4.78 is 1.71. The van der Waals surface area contributed by atoms with Crippen LogP contribution < -0.4 is 0 Å². The lowest BCUT2D eigenvalue weighted by Crippen LogP contribution is -2.37. The summed E-state index contributed by atoms with van der Waals surface area (Å²) in [4.78, 5) is 21.3. The van der Waals surface area contributed by atoms with Crippen LogP contribution in [-0.2, 0) is 0 Å². The van der Waals surface area contributed by atoms with Crippen LogP contribution in [0.2, 0.25) is 0 Å². The molecule has 0 radical (unpaired) electrons. The minimum absolute atomic E-state index is 0.0489. The monoisotopic (exact) mass is 328 g/mol. The van der Waals surface area contributed by atoms with Gasteiger partial charge in [0.1, 0.15) is 18.5 Å². The van der Waals surface area contributed by atoms with E-state index in [0.29, 0.717) is 29.3 Å². The molecule has 1 fully saturated rings. The average molecular weight is 328 g/mol. The van der Waals surface area contributed by atoms with Gasteiger partial charge in [-0.15, -0.1) is 10.2 Å². The highest BCUT2D eigenvalue weighted by Crippen LogP contribution is 2.28. The van der Waals surface area contributed by atoms with Gasteiger partial charge in [-0.3, -0.25) is 9.36 Å². The molecule has 2 aromatic rings. The minimum Gasteiger partial charge on any atom is -0.337 e. The van der Waals surface area contributed by atoms with Crippen molar-refractivity contribution in [2.24, 2.45) is 11.8 Å². The van der Waals surface area contributed by atoms with E-state index in [-0.39, 0.29) is 5.91 Å². The van der Waals surface area contributed by atoms with E-state index in [1.54, 1.807) is 23.4 Å². The first-order chi connectivity index (χ1) is 11.5. The van der Waals surface area contributed by atoms with Gasteiger partial charge in [-0.25, -0.2) is 4.98 Å². The molecule has 0 N–H and O–H groups in total. The van der Waals surface area contributed by atoms with Crippen LogP contribution in [0.4, 0.5) is 0 Å². The van der Waals surface area contributed by atoms with Gasteiger partial charge in [0.15, 0.2) is 0 Å². The van der Waals surface area contributed by atoms with Crippen molar-refractivity contribution >= 4 is 5.91 Å². The van der Waals surface area contributed by atoms with Gasteiger partial charge in [-0.2, -0.15) is 0 Å². The zero-order chi connectivity index (χ0) is 17.3. The van der Waals surface area contributed by atoms with E-state index in [0.717, 1.165) is 13.1 Å². The summed E-state index contributed by atoms with van der Waals surface area (Å²) in [5.74, 6) is 1.79. The highest BCUT2D eigenvalue weighted by Gasteiger charge is 2.38. The smallest absolute Gasteiger partial charge is 0.255 e. The summed E-state index contributed by atoms with van der Waals surface area (Å²) in [6.07, 6.45) is 4.80. The maximum Gasteiger partial charge on any atom is 0.255 e. The largest absolute Gasteiger partial charge is 0.337 e. The molecule has 2 atom stereocenters. The molecule has 0 bridgehead atoms. The van der Waals surface area contributed by atoms with Gasteiger partial charge in [-0.05, 0) is 38.1 Å². The Kier molecular flexibility index (Phi) is 4.62. The van der Waals surface area contributed by atoms with E-state index < -0.39 is 0 Å². The molecule has 1 amide bonds. The van der Waals surface area contributed by atoms with E-state index in [1.807, 2.05) is 17.0 Å². The third-order valence-corrected chi connectivity index (χ3v) is 4.82. The normalized spacial score (nSPS) is 21.0. The number of likely N-dealkylation sites (N-methyl/N-ethyl adjacent to an activating group) is 1. The summed E-state index contributed by atoms with van der Waals surface area (Å²) in [6.45, 7) is 6.02. The number of nitrogens with zero attached hydrogens (tertiary/aromatic N) is 6. The minimum atomic E-state index is 0.0489. The van der Waals surface area contributed by atoms with Gasteiger partial charge in [0.05, 0.1) is 5.56 Å². The molecule has 3 rings (SSSR count). The van der Waals surface area contributed by atoms with Crippen LogP contribution in [0.5, 0.6) is 0 Å². The number of carbonyl (C=O) groups is 1. The Morgan fingerprint density at radius 1 is 1.21 bits per heavy atom. The lowest BCUT2D eigenvalue weighted by Gasteiger charge is -2.27. The molecule has 3 heterocycles. The van der Waals surface area contributed by atoms with Gasteiger partial charge in [-0.1, -0.05) is 13.8 Å². The summed E-state index contributed by atoms with van der Waals surface area (Å²) in [5, 5.41) is 7.52. The van der Waals surface area contributed by atoms with Crippen molar-refractivity contribution in [1.29, 1.82) is 0 Å². The summed E-state index contributed by atoms with van der Waals surface area (Å²) >= 11 is 0. The third kappa shape index (κ3) is 3.17. The first kappa shape index (κ1) is 16.6. The molecule has 128 valence electrons. The number of hydrogen-bond acceptors (Lipinski definition) is 5. The van der Waals surface area contributed by atoms with Gasteiger partial charge < -0.3 is 9.80 Å². The van der Waals surface area contributed by atoms with E-state index in [2.05, 4.69) is 48.0 Å². The number of rotatable bonds is 4. The molecule has 1 saturated heterocycles. The molecule has 7 nitrogen and oxygen atoms in total. The van der Waals surface area contributed by atoms with Gasteiger partial charge in [0, 0.05) is 25.3 Å². The topological polar surface area (TPSA) is 67.2 Å². The molecule has 1 aliphatic rings. The average Bonchev–Trinajstić information content (AvgIpc) is 3.24. The Morgan fingerprint density at radius 3 is 2.42 bits per heavy atom. The number of hydrogen-bond donors (Lipinski definition) is 0. The standard InChI is InChI=1S/C17H24N6O/c1-12(2)14-8-22(9-15(14)21(3)4)17(24)13-5-6-16(18-7-13)23-10-19-20-11-23/h5-7,10-12,14-15H,8-9H2,1-4H3/t14-,15+/m0/s1. The van der Waals surface area contributed by atoms with Crippen molar-refractivity contribution < 1.29 is 4.79 Å². The van der Waals surface area contributed by atoms with Crippen LogP contribution in [0.3, 0.4) is 0 Å². The fraction of sp³-hybridized carbons (Fsp3) is 0.529.